The number of carbonyl (C=O) groups is 2. The minimum Gasteiger partial charge on any atom is -0.396 e. The van der Waals surface area contributed by atoms with Gasteiger partial charge in [-0.15, -0.1) is 6.58 Å². The lowest BCUT2D eigenvalue weighted by Gasteiger charge is -2.10. The van der Waals surface area contributed by atoms with Crippen LogP contribution < -0.4 is 22.5 Å². The van der Waals surface area contributed by atoms with Crippen LogP contribution in [-0.2, 0) is 0 Å². The molecule has 90 valence electrons. The number of anilines is 2. The van der Waals surface area contributed by atoms with Crippen molar-refractivity contribution in [3.05, 3.63) is 35.9 Å². The number of carbonyl (C=O) groups excluding carboxylic acids is 2. The summed E-state index contributed by atoms with van der Waals surface area (Å²) in [7, 11) is 0. The van der Waals surface area contributed by atoms with Gasteiger partial charge in [-0.25, -0.2) is 0 Å². The number of benzene rings is 1. The summed E-state index contributed by atoms with van der Waals surface area (Å²) in [5, 5.41) is 2.56. The second-order valence-corrected chi connectivity index (χ2v) is 3.35. The van der Waals surface area contributed by atoms with Crippen LogP contribution in [0.5, 0.6) is 0 Å². The summed E-state index contributed by atoms with van der Waals surface area (Å²) in [6.45, 7) is 3.79. The van der Waals surface area contributed by atoms with Crippen LogP contribution in [-0.4, -0.2) is 18.4 Å². The summed E-state index contributed by atoms with van der Waals surface area (Å²) in [4.78, 5) is 22.6. The molecule has 0 radical (unpaired) electrons. The van der Waals surface area contributed by atoms with Gasteiger partial charge in [0.2, 0.25) is 0 Å². The third-order valence-electron chi connectivity index (χ3n) is 2.20. The highest BCUT2D eigenvalue weighted by Crippen LogP contribution is 2.24. The van der Waals surface area contributed by atoms with E-state index >= 15 is 0 Å². The molecule has 0 unspecified atom stereocenters. The van der Waals surface area contributed by atoms with E-state index < -0.39 is 5.91 Å². The van der Waals surface area contributed by atoms with Crippen molar-refractivity contribution in [2.75, 3.05) is 18.0 Å². The van der Waals surface area contributed by atoms with Gasteiger partial charge in [0.05, 0.1) is 22.5 Å². The molecular formula is C11H14N4O2. The van der Waals surface area contributed by atoms with Crippen molar-refractivity contribution in [2.45, 2.75) is 0 Å². The van der Waals surface area contributed by atoms with Crippen molar-refractivity contribution in [1.29, 1.82) is 0 Å². The van der Waals surface area contributed by atoms with Gasteiger partial charge in [-0.3, -0.25) is 9.59 Å². The molecule has 17 heavy (non-hydrogen) atoms. The molecule has 0 saturated carbocycles. The summed E-state index contributed by atoms with van der Waals surface area (Å²) in [5.74, 6) is -1.07. The Morgan fingerprint density at radius 3 is 2.29 bits per heavy atom. The molecule has 0 spiro atoms. The second-order valence-electron chi connectivity index (χ2n) is 3.35. The van der Waals surface area contributed by atoms with Gasteiger partial charge in [-0.2, -0.15) is 0 Å². The summed E-state index contributed by atoms with van der Waals surface area (Å²) < 4.78 is 0. The van der Waals surface area contributed by atoms with E-state index in [1.807, 2.05) is 0 Å². The summed E-state index contributed by atoms with van der Waals surface area (Å²) in [5.41, 5.74) is 16.8. The van der Waals surface area contributed by atoms with E-state index in [1.165, 1.54) is 18.2 Å². The van der Waals surface area contributed by atoms with Gasteiger partial charge < -0.3 is 22.5 Å². The van der Waals surface area contributed by atoms with Crippen LogP contribution in [0.25, 0.3) is 0 Å². The van der Waals surface area contributed by atoms with E-state index in [2.05, 4.69) is 11.9 Å². The van der Waals surface area contributed by atoms with Crippen molar-refractivity contribution < 1.29 is 9.59 Å². The van der Waals surface area contributed by atoms with Crippen molar-refractivity contribution in [2.24, 2.45) is 5.73 Å². The maximum absolute atomic E-state index is 11.6. The number of primary amides is 1. The third-order valence-corrected chi connectivity index (χ3v) is 2.20. The molecule has 0 aliphatic carbocycles. The van der Waals surface area contributed by atoms with E-state index in [9.17, 15) is 9.59 Å². The fourth-order valence-electron chi connectivity index (χ4n) is 1.31. The molecule has 0 saturated heterocycles. The SMILES string of the molecule is C=CCNC(=O)c1ccc(C(N)=O)c(N)c1N. The average molecular weight is 234 g/mol. The average Bonchev–Trinajstić information content (AvgIpc) is 2.29. The highest BCUT2D eigenvalue weighted by Gasteiger charge is 2.15. The lowest BCUT2D eigenvalue weighted by molar-refractivity contribution is 0.0956. The number of nitrogen functional groups attached to an aromatic ring is 2. The fraction of sp³-hybridized carbons (Fsp3) is 0.0909. The molecule has 0 bridgehead atoms. The number of nitrogens with one attached hydrogen (secondary N) is 1. The van der Waals surface area contributed by atoms with E-state index in [4.69, 9.17) is 17.2 Å². The highest BCUT2D eigenvalue weighted by molar-refractivity contribution is 6.07. The molecule has 1 aromatic carbocycles. The normalized spacial score (nSPS) is 9.65. The van der Waals surface area contributed by atoms with Gasteiger partial charge in [0.1, 0.15) is 0 Å². The predicted molar refractivity (Wildman–Crippen MR) is 66.3 cm³/mol. The second kappa shape index (κ2) is 5.02. The molecular weight excluding hydrogens is 220 g/mol. The van der Waals surface area contributed by atoms with E-state index in [-0.39, 0.29) is 28.4 Å². The molecule has 2 amide bonds. The largest absolute Gasteiger partial charge is 0.396 e. The minimum absolute atomic E-state index is 0.0174. The first-order valence-corrected chi connectivity index (χ1v) is 4.86. The van der Waals surface area contributed by atoms with Crippen molar-refractivity contribution in [1.82, 2.24) is 5.32 Å². The van der Waals surface area contributed by atoms with Gasteiger partial charge in [0, 0.05) is 6.54 Å². The first-order valence-electron chi connectivity index (χ1n) is 4.86. The van der Waals surface area contributed by atoms with Crippen LogP contribution in [0.1, 0.15) is 20.7 Å². The molecule has 6 nitrogen and oxygen atoms in total. The predicted octanol–water partition coefficient (Wildman–Crippen LogP) is -0.134. The maximum Gasteiger partial charge on any atom is 0.253 e. The molecule has 7 N–H and O–H groups in total. The zero-order valence-corrected chi connectivity index (χ0v) is 9.19. The molecule has 0 aliphatic heterocycles. The van der Waals surface area contributed by atoms with Crippen molar-refractivity contribution in [3.8, 4) is 0 Å². The van der Waals surface area contributed by atoms with Gasteiger partial charge in [-0.05, 0) is 12.1 Å². The zero-order chi connectivity index (χ0) is 13.0. The molecule has 1 aromatic rings. The zero-order valence-electron chi connectivity index (χ0n) is 9.19. The number of rotatable bonds is 4. The Morgan fingerprint density at radius 1 is 1.24 bits per heavy atom. The maximum atomic E-state index is 11.6. The Hall–Kier alpha value is -2.50. The lowest BCUT2D eigenvalue weighted by atomic mass is 10.1. The van der Waals surface area contributed by atoms with E-state index in [0.717, 1.165) is 0 Å². The van der Waals surface area contributed by atoms with Crippen LogP contribution >= 0.6 is 0 Å². The number of hydrogen-bond donors (Lipinski definition) is 4. The van der Waals surface area contributed by atoms with Gasteiger partial charge in [0.15, 0.2) is 0 Å². The van der Waals surface area contributed by atoms with E-state index in [0.29, 0.717) is 6.54 Å². The molecule has 0 atom stereocenters. The fourth-order valence-corrected chi connectivity index (χ4v) is 1.31. The topological polar surface area (TPSA) is 124 Å². The first-order chi connectivity index (χ1) is 7.99. The Kier molecular flexibility index (Phi) is 3.71. The number of hydrogen-bond acceptors (Lipinski definition) is 4. The lowest BCUT2D eigenvalue weighted by Crippen LogP contribution is -2.25. The van der Waals surface area contributed by atoms with E-state index in [1.54, 1.807) is 0 Å². The van der Waals surface area contributed by atoms with Crippen molar-refractivity contribution >= 4 is 23.2 Å². The monoisotopic (exact) mass is 234 g/mol. The summed E-state index contributed by atoms with van der Waals surface area (Å²) in [6.07, 6.45) is 1.54. The smallest absolute Gasteiger partial charge is 0.253 e. The molecule has 0 aliphatic rings. The quantitative estimate of drug-likeness (QED) is 0.427. The highest BCUT2D eigenvalue weighted by atomic mass is 16.2. The summed E-state index contributed by atoms with van der Waals surface area (Å²) >= 11 is 0. The standard InChI is InChI=1S/C11H14N4O2/c1-2-5-15-11(17)7-4-3-6(10(14)16)8(12)9(7)13/h2-4H,1,5,12-13H2,(H2,14,16)(H,15,17). The van der Waals surface area contributed by atoms with Gasteiger partial charge in [-0.1, -0.05) is 6.08 Å². The third kappa shape index (κ3) is 2.54. The van der Waals surface area contributed by atoms with Crippen LogP contribution in [0.15, 0.2) is 24.8 Å². The number of amides is 2. The summed E-state index contributed by atoms with van der Waals surface area (Å²) in [6, 6.07) is 2.78. The molecule has 6 heteroatoms. The molecule has 0 fully saturated rings. The van der Waals surface area contributed by atoms with Crippen LogP contribution in [0.3, 0.4) is 0 Å². The Labute approximate surface area is 98.5 Å². The first kappa shape index (κ1) is 12.6. The number of nitrogens with two attached hydrogens (primary N) is 3. The molecule has 1 rings (SSSR count). The minimum atomic E-state index is -0.688. The Balaban J connectivity index is 3.12. The Bertz CT molecular complexity index is 483. The molecule has 0 heterocycles. The molecule has 0 aromatic heterocycles. The van der Waals surface area contributed by atoms with Crippen LogP contribution in [0.2, 0.25) is 0 Å². The van der Waals surface area contributed by atoms with Crippen molar-refractivity contribution in [3.63, 3.8) is 0 Å². The van der Waals surface area contributed by atoms with Gasteiger partial charge >= 0.3 is 0 Å². The Morgan fingerprint density at radius 2 is 1.76 bits per heavy atom. The van der Waals surface area contributed by atoms with Crippen LogP contribution in [0.4, 0.5) is 11.4 Å². The van der Waals surface area contributed by atoms with Gasteiger partial charge in [0.25, 0.3) is 11.8 Å². The van der Waals surface area contributed by atoms with Crippen LogP contribution in [0, 0.1) is 0 Å².